The Morgan fingerprint density at radius 2 is 2.24 bits per heavy atom. The maximum Gasteiger partial charge on any atom is 0.160 e. The van der Waals surface area contributed by atoms with Crippen LogP contribution >= 0.6 is 11.3 Å². The molecule has 92 valence electrons. The monoisotopic (exact) mass is 251 g/mol. The van der Waals surface area contributed by atoms with Crippen molar-refractivity contribution in [3.8, 4) is 0 Å². The summed E-state index contributed by atoms with van der Waals surface area (Å²) in [5, 5.41) is 4.21. The van der Waals surface area contributed by atoms with Gasteiger partial charge in [0.15, 0.2) is 5.82 Å². The van der Waals surface area contributed by atoms with Crippen LogP contribution in [0.1, 0.15) is 30.7 Å². The van der Waals surface area contributed by atoms with Gasteiger partial charge < -0.3 is 10.1 Å². The highest BCUT2D eigenvalue weighted by atomic mass is 32.1. The molecule has 0 saturated carbocycles. The Kier molecular flexibility index (Phi) is 3.59. The number of fused-ring (bicyclic) bond motifs is 1. The number of aromatic nitrogens is 2. The molecular weight excluding hydrogens is 234 g/mol. The van der Waals surface area contributed by atoms with E-state index in [0.717, 1.165) is 21.9 Å². The molecule has 2 aromatic heterocycles. The van der Waals surface area contributed by atoms with Gasteiger partial charge in [0, 0.05) is 18.5 Å². The summed E-state index contributed by atoms with van der Waals surface area (Å²) in [6.45, 7) is 6.70. The van der Waals surface area contributed by atoms with Crippen molar-refractivity contribution in [3.05, 3.63) is 16.8 Å². The first-order valence-corrected chi connectivity index (χ1v) is 6.54. The summed E-state index contributed by atoms with van der Waals surface area (Å²) in [4.78, 5) is 11.3. The molecule has 17 heavy (non-hydrogen) atoms. The third-order valence-electron chi connectivity index (χ3n) is 2.55. The van der Waals surface area contributed by atoms with Gasteiger partial charge in [0.05, 0.1) is 5.39 Å². The van der Waals surface area contributed by atoms with Gasteiger partial charge in [0.1, 0.15) is 16.8 Å². The van der Waals surface area contributed by atoms with Crippen molar-refractivity contribution in [3.63, 3.8) is 0 Å². The van der Waals surface area contributed by atoms with Crippen molar-refractivity contribution >= 4 is 27.4 Å². The van der Waals surface area contributed by atoms with Gasteiger partial charge in [-0.2, -0.15) is 0 Å². The fourth-order valence-electron chi connectivity index (χ4n) is 1.76. The van der Waals surface area contributed by atoms with Crippen molar-refractivity contribution in [2.24, 2.45) is 0 Å². The summed E-state index contributed by atoms with van der Waals surface area (Å²) in [7, 11) is 1.88. The van der Waals surface area contributed by atoms with E-state index in [-0.39, 0.29) is 6.10 Å². The van der Waals surface area contributed by atoms with Gasteiger partial charge in [0.25, 0.3) is 0 Å². The lowest BCUT2D eigenvalue weighted by Crippen LogP contribution is -2.07. The quantitative estimate of drug-likeness (QED) is 0.906. The summed E-state index contributed by atoms with van der Waals surface area (Å²) in [6, 6.07) is 2.11. The molecule has 1 unspecified atom stereocenters. The minimum absolute atomic E-state index is 0.0705. The number of hydrogen-bond donors (Lipinski definition) is 1. The van der Waals surface area contributed by atoms with Gasteiger partial charge in [-0.15, -0.1) is 11.3 Å². The number of nitrogens with zero attached hydrogens (tertiary/aromatic N) is 2. The minimum Gasteiger partial charge on any atom is -0.372 e. The molecular formula is C12H17N3OS. The number of anilines is 1. The van der Waals surface area contributed by atoms with Gasteiger partial charge in [-0.25, -0.2) is 9.97 Å². The fourth-order valence-corrected chi connectivity index (χ4v) is 2.64. The first-order valence-electron chi connectivity index (χ1n) is 5.73. The second kappa shape index (κ2) is 4.98. The molecule has 0 aliphatic carbocycles. The number of ether oxygens (including phenoxy) is 1. The first-order chi connectivity index (χ1) is 8.15. The van der Waals surface area contributed by atoms with E-state index in [0.29, 0.717) is 6.61 Å². The molecule has 0 aromatic carbocycles. The van der Waals surface area contributed by atoms with Crippen LogP contribution in [0.4, 0.5) is 5.82 Å². The summed E-state index contributed by atoms with van der Waals surface area (Å²) in [6.07, 6.45) is -0.0705. The number of nitrogens with one attached hydrogen (secondary N) is 1. The van der Waals surface area contributed by atoms with Crippen LogP contribution in [0.2, 0.25) is 0 Å². The van der Waals surface area contributed by atoms with Gasteiger partial charge >= 0.3 is 0 Å². The average Bonchev–Trinajstić information content (AvgIpc) is 2.68. The van der Waals surface area contributed by atoms with Crippen LogP contribution in [0.15, 0.2) is 6.07 Å². The van der Waals surface area contributed by atoms with E-state index < -0.39 is 0 Å². The second-order valence-corrected chi connectivity index (χ2v) is 5.09. The summed E-state index contributed by atoms with van der Waals surface area (Å²) in [5.74, 6) is 1.62. The van der Waals surface area contributed by atoms with Crippen molar-refractivity contribution in [2.75, 3.05) is 19.0 Å². The van der Waals surface area contributed by atoms with Gasteiger partial charge in [-0.3, -0.25) is 0 Å². The normalized spacial score (nSPS) is 12.9. The SMILES string of the molecule is CCOC(C)c1nc(NC)c2cc(C)sc2n1. The molecule has 0 aliphatic rings. The Hall–Kier alpha value is -1.20. The lowest BCUT2D eigenvalue weighted by atomic mass is 10.3. The Labute approximate surface area is 105 Å². The summed E-state index contributed by atoms with van der Waals surface area (Å²) < 4.78 is 5.53. The number of hydrogen-bond acceptors (Lipinski definition) is 5. The molecule has 0 spiro atoms. The van der Waals surface area contributed by atoms with E-state index in [9.17, 15) is 0 Å². The largest absolute Gasteiger partial charge is 0.372 e. The number of aryl methyl sites for hydroxylation is 1. The van der Waals surface area contributed by atoms with Crippen LogP contribution in [-0.4, -0.2) is 23.6 Å². The molecule has 5 heteroatoms. The van der Waals surface area contributed by atoms with Crippen LogP contribution in [0, 0.1) is 6.92 Å². The van der Waals surface area contributed by atoms with Crippen LogP contribution < -0.4 is 5.32 Å². The standard InChI is InChI=1S/C12H17N3OS/c1-5-16-8(3)10-14-11(13-4)9-6-7(2)17-12(9)15-10/h6,8H,5H2,1-4H3,(H,13,14,15). The second-order valence-electron chi connectivity index (χ2n) is 3.85. The van der Waals surface area contributed by atoms with Gasteiger partial charge in [-0.1, -0.05) is 0 Å². The number of thiophene rings is 1. The lowest BCUT2D eigenvalue weighted by molar-refractivity contribution is 0.0704. The number of rotatable bonds is 4. The van der Waals surface area contributed by atoms with Crippen LogP contribution in [-0.2, 0) is 4.74 Å². The fraction of sp³-hybridized carbons (Fsp3) is 0.500. The third kappa shape index (κ3) is 2.40. The Bertz CT molecular complexity index is 524. The van der Waals surface area contributed by atoms with E-state index in [1.165, 1.54) is 4.88 Å². The molecule has 0 saturated heterocycles. The van der Waals surface area contributed by atoms with Crippen LogP contribution in [0.3, 0.4) is 0 Å². The first kappa shape index (κ1) is 12.3. The molecule has 1 N–H and O–H groups in total. The molecule has 0 bridgehead atoms. The lowest BCUT2D eigenvalue weighted by Gasteiger charge is -2.11. The summed E-state index contributed by atoms with van der Waals surface area (Å²) >= 11 is 1.68. The van der Waals surface area contributed by atoms with Crippen molar-refractivity contribution in [1.82, 2.24) is 9.97 Å². The maximum atomic E-state index is 5.53. The Balaban J connectivity index is 2.51. The van der Waals surface area contributed by atoms with Crippen molar-refractivity contribution < 1.29 is 4.74 Å². The van der Waals surface area contributed by atoms with Gasteiger partial charge in [-0.05, 0) is 26.8 Å². The zero-order valence-electron chi connectivity index (χ0n) is 10.6. The molecule has 2 aromatic rings. The van der Waals surface area contributed by atoms with E-state index in [1.54, 1.807) is 11.3 Å². The van der Waals surface area contributed by atoms with E-state index >= 15 is 0 Å². The smallest absolute Gasteiger partial charge is 0.160 e. The predicted molar refractivity (Wildman–Crippen MR) is 71.7 cm³/mol. The molecule has 0 amide bonds. The van der Waals surface area contributed by atoms with Crippen molar-refractivity contribution in [2.45, 2.75) is 26.9 Å². The topological polar surface area (TPSA) is 47.0 Å². The molecule has 2 heterocycles. The van der Waals surface area contributed by atoms with E-state index in [4.69, 9.17) is 4.74 Å². The highest BCUT2D eigenvalue weighted by Gasteiger charge is 2.14. The Morgan fingerprint density at radius 3 is 2.88 bits per heavy atom. The summed E-state index contributed by atoms with van der Waals surface area (Å²) in [5.41, 5.74) is 0. The highest BCUT2D eigenvalue weighted by molar-refractivity contribution is 7.18. The average molecular weight is 251 g/mol. The zero-order valence-corrected chi connectivity index (χ0v) is 11.4. The zero-order chi connectivity index (χ0) is 12.4. The Morgan fingerprint density at radius 1 is 1.47 bits per heavy atom. The molecule has 1 atom stereocenters. The maximum absolute atomic E-state index is 5.53. The minimum atomic E-state index is -0.0705. The highest BCUT2D eigenvalue weighted by Crippen LogP contribution is 2.29. The van der Waals surface area contributed by atoms with Gasteiger partial charge in [0.2, 0.25) is 0 Å². The van der Waals surface area contributed by atoms with Crippen LogP contribution in [0.5, 0.6) is 0 Å². The molecule has 4 nitrogen and oxygen atoms in total. The molecule has 0 aliphatic heterocycles. The predicted octanol–water partition coefficient (Wildman–Crippen LogP) is 3.14. The molecule has 2 rings (SSSR count). The third-order valence-corrected chi connectivity index (χ3v) is 3.49. The van der Waals surface area contributed by atoms with E-state index in [1.807, 2.05) is 20.9 Å². The molecule has 0 fully saturated rings. The van der Waals surface area contributed by atoms with Crippen LogP contribution in [0.25, 0.3) is 10.2 Å². The van der Waals surface area contributed by atoms with Crippen molar-refractivity contribution in [1.29, 1.82) is 0 Å². The van der Waals surface area contributed by atoms with E-state index in [2.05, 4.69) is 28.3 Å². The molecule has 0 radical (unpaired) electrons.